The average Bonchev–Trinajstić information content (AvgIpc) is 3.00. The molecule has 7 nitrogen and oxygen atoms in total. The van der Waals surface area contributed by atoms with Crippen LogP contribution in [0.2, 0.25) is 5.15 Å². The monoisotopic (exact) mass is 399 g/mol. The first kappa shape index (κ1) is 19.8. The fourth-order valence-electron chi connectivity index (χ4n) is 2.96. The largest absolute Gasteiger partial charge is 0.351 e. The van der Waals surface area contributed by atoms with Gasteiger partial charge in [-0.25, -0.2) is 9.97 Å². The van der Waals surface area contributed by atoms with Crippen LogP contribution in [0.15, 0.2) is 42.7 Å². The molecule has 0 atom stereocenters. The number of anilines is 1. The van der Waals surface area contributed by atoms with Gasteiger partial charge < -0.3 is 10.6 Å². The Bertz CT molecular complexity index is 986. The molecule has 3 heterocycles. The van der Waals surface area contributed by atoms with Crippen molar-refractivity contribution in [3.63, 3.8) is 0 Å². The maximum atomic E-state index is 12.5. The number of carbonyl (C=O) groups excluding carboxylic acids is 2. The van der Waals surface area contributed by atoms with Gasteiger partial charge in [0.1, 0.15) is 16.5 Å². The van der Waals surface area contributed by atoms with Gasteiger partial charge in [0.2, 0.25) is 5.91 Å². The Kier molecular flexibility index (Phi) is 6.60. The molecule has 28 heavy (non-hydrogen) atoms. The van der Waals surface area contributed by atoms with Gasteiger partial charge in [-0.15, -0.1) is 0 Å². The topological polar surface area (TPSA) is 88.4 Å². The molecule has 0 saturated carbocycles. The third-order valence-electron chi connectivity index (χ3n) is 4.30. The quantitative estimate of drug-likeness (QED) is 0.447. The van der Waals surface area contributed by atoms with Crippen LogP contribution in [0.3, 0.4) is 0 Å². The predicted octanol–water partition coefficient (Wildman–Crippen LogP) is 3.62. The van der Waals surface area contributed by atoms with Crippen molar-refractivity contribution in [1.82, 2.24) is 19.7 Å². The van der Waals surface area contributed by atoms with Gasteiger partial charge in [0, 0.05) is 31.0 Å². The van der Waals surface area contributed by atoms with Crippen LogP contribution in [-0.2, 0) is 4.79 Å². The van der Waals surface area contributed by atoms with E-state index in [1.165, 1.54) is 0 Å². The number of aromatic nitrogens is 3. The lowest BCUT2D eigenvalue weighted by Crippen LogP contribution is -2.26. The van der Waals surface area contributed by atoms with E-state index in [9.17, 15) is 9.59 Å². The lowest BCUT2D eigenvalue weighted by atomic mass is 10.2. The Morgan fingerprint density at radius 3 is 2.86 bits per heavy atom. The summed E-state index contributed by atoms with van der Waals surface area (Å²) in [6, 6.07) is 8.94. The number of hydrogen-bond donors (Lipinski definition) is 2. The van der Waals surface area contributed by atoms with Gasteiger partial charge in [0.25, 0.3) is 5.91 Å². The molecule has 0 fully saturated rings. The Balaban J connectivity index is 1.37. The zero-order chi connectivity index (χ0) is 19.9. The predicted molar refractivity (Wildman–Crippen MR) is 109 cm³/mol. The van der Waals surface area contributed by atoms with Crippen molar-refractivity contribution < 1.29 is 9.59 Å². The molecular formula is C20H22ClN5O2. The SMILES string of the molecule is Cc1nc2ccccn2c1C(=O)NCCCCCC(=O)Nc1ccnc(Cl)c1. The van der Waals surface area contributed by atoms with Crippen LogP contribution in [0.1, 0.15) is 41.9 Å². The van der Waals surface area contributed by atoms with Crippen molar-refractivity contribution in [3.8, 4) is 0 Å². The van der Waals surface area contributed by atoms with Crippen LogP contribution in [0.25, 0.3) is 5.65 Å². The highest BCUT2D eigenvalue weighted by atomic mass is 35.5. The van der Waals surface area contributed by atoms with E-state index < -0.39 is 0 Å². The number of pyridine rings is 2. The highest BCUT2D eigenvalue weighted by Gasteiger charge is 2.15. The van der Waals surface area contributed by atoms with Crippen molar-refractivity contribution in [2.75, 3.05) is 11.9 Å². The van der Waals surface area contributed by atoms with E-state index in [0.29, 0.717) is 35.2 Å². The van der Waals surface area contributed by atoms with Crippen molar-refractivity contribution in [2.45, 2.75) is 32.6 Å². The highest BCUT2D eigenvalue weighted by molar-refractivity contribution is 6.29. The summed E-state index contributed by atoms with van der Waals surface area (Å²) in [5, 5.41) is 6.06. The zero-order valence-electron chi connectivity index (χ0n) is 15.6. The van der Waals surface area contributed by atoms with E-state index in [2.05, 4.69) is 20.6 Å². The second-order valence-corrected chi connectivity index (χ2v) is 6.84. The summed E-state index contributed by atoms with van der Waals surface area (Å²) < 4.78 is 1.79. The van der Waals surface area contributed by atoms with E-state index in [1.54, 1.807) is 22.7 Å². The van der Waals surface area contributed by atoms with Crippen LogP contribution in [-0.4, -0.2) is 32.7 Å². The third kappa shape index (κ3) is 5.07. The molecule has 3 aromatic heterocycles. The first-order valence-corrected chi connectivity index (χ1v) is 9.55. The Labute approximate surface area is 168 Å². The number of nitrogens with zero attached hydrogens (tertiary/aromatic N) is 3. The minimum absolute atomic E-state index is 0.0624. The molecule has 0 aliphatic carbocycles. The van der Waals surface area contributed by atoms with Crippen LogP contribution < -0.4 is 10.6 Å². The smallest absolute Gasteiger partial charge is 0.270 e. The van der Waals surface area contributed by atoms with Gasteiger partial charge in [-0.05, 0) is 44.0 Å². The second kappa shape index (κ2) is 9.32. The Morgan fingerprint density at radius 1 is 1.18 bits per heavy atom. The number of fused-ring (bicyclic) bond motifs is 1. The lowest BCUT2D eigenvalue weighted by molar-refractivity contribution is -0.116. The van der Waals surface area contributed by atoms with Crippen molar-refractivity contribution >= 4 is 34.7 Å². The number of nitrogens with one attached hydrogen (secondary N) is 2. The molecule has 0 bridgehead atoms. The number of unbranched alkanes of at least 4 members (excludes halogenated alkanes) is 2. The minimum atomic E-state index is -0.136. The average molecular weight is 400 g/mol. The molecule has 0 radical (unpaired) electrons. The van der Waals surface area contributed by atoms with E-state index in [0.717, 1.165) is 24.9 Å². The van der Waals surface area contributed by atoms with Crippen molar-refractivity contribution in [2.24, 2.45) is 0 Å². The van der Waals surface area contributed by atoms with Crippen LogP contribution >= 0.6 is 11.6 Å². The molecule has 0 spiro atoms. The van der Waals surface area contributed by atoms with Crippen LogP contribution in [0, 0.1) is 6.92 Å². The summed E-state index contributed by atoms with van der Waals surface area (Å²) in [7, 11) is 0. The molecule has 0 aromatic carbocycles. The maximum Gasteiger partial charge on any atom is 0.270 e. The molecule has 3 aromatic rings. The Hall–Kier alpha value is -2.93. The number of hydrogen-bond acceptors (Lipinski definition) is 4. The van der Waals surface area contributed by atoms with E-state index >= 15 is 0 Å². The number of carbonyl (C=O) groups is 2. The zero-order valence-corrected chi connectivity index (χ0v) is 16.4. The van der Waals surface area contributed by atoms with Crippen molar-refractivity contribution in [3.05, 3.63) is 59.3 Å². The molecule has 0 unspecified atom stereocenters. The normalized spacial score (nSPS) is 10.8. The Morgan fingerprint density at radius 2 is 2.04 bits per heavy atom. The summed E-state index contributed by atoms with van der Waals surface area (Å²) in [6.07, 6.45) is 6.19. The molecule has 0 aliphatic heterocycles. The summed E-state index contributed by atoms with van der Waals surface area (Å²) in [6.45, 7) is 2.39. The molecule has 2 N–H and O–H groups in total. The third-order valence-corrected chi connectivity index (χ3v) is 4.50. The standard InChI is InChI=1S/C20H22ClN5O2/c1-14-19(26-12-6-4-7-17(26)24-14)20(28)23-10-5-2-3-8-18(27)25-15-9-11-22-16(21)13-15/h4,6-7,9,11-13H,2-3,5,8,10H2,1H3,(H,23,28)(H,22,25,27). The fourth-order valence-corrected chi connectivity index (χ4v) is 3.14. The number of rotatable bonds is 8. The van der Waals surface area contributed by atoms with Crippen molar-refractivity contribution in [1.29, 1.82) is 0 Å². The molecule has 3 rings (SSSR count). The molecule has 0 aliphatic rings. The van der Waals surface area contributed by atoms with E-state index in [1.807, 2.05) is 31.3 Å². The maximum absolute atomic E-state index is 12.5. The second-order valence-electron chi connectivity index (χ2n) is 6.46. The molecule has 2 amide bonds. The lowest BCUT2D eigenvalue weighted by Gasteiger charge is -2.07. The first-order chi connectivity index (χ1) is 13.5. The summed E-state index contributed by atoms with van der Waals surface area (Å²) in [5.74, 6) is -0.198. The minimum Gasteiger partial charge on any atom is -0.351 e. The van der Waals surface area contributed by atoms with Gasteiger partial charge in [-0.2, -0.15) is 0 Å². The number of amides is 2. The summed E-state index contributed by atoms with van der Waals surface area (Å²) in [4.78, 5) is 32.7. The van der Waals surface area contributed by atoms with Gasteiger partial charge in [-0.3, -0.25) is 14.0 Å². The molecule has 0 saturated heterocycles. The first-order valence-electron chi connectivity index (χ1n) is 9.18. The van der Waals surface area contributed by atoms with Gasteiger partial charge in [0.15, 0.2) is 0 Å². The van der Waals surface area contributed by atoms with Gasteiger partial charge in [0.05, 0.1) is 5.69 Å². The van der Waals surface area contributed by atoms with E-state index in [4.69, 9.17) is 11.6 Å². The number of aryl methyl sites for hydroxylation is 1. The van der Waals surface area contributed by atoms with Gasteiger partial charge >= 0.3 is 0 Å². The highest BCUT2D eigenvalue weighted by Crippen LogP contribution is 2.13. The number of halogens is 1. The van der Waals surface area contributed by atoms with Crippen LogP contribution in [0.5, 0.6) is 0 Å². The van der Waals surface area contributed by atoms with Crippen LogP contribution in [0.4, 0.5) is 5.69 Å². The fraction of sp³-hybridized carbons (Fsp3) is 0.300. The van der Waals surface area contributed by atoms with E-state index in [-0.39, 0.29) is 11.8 Å². The summed E-state index contributed by atoms with van der Waals surface area (Å²) in [5.41, 5.74) is 2.66. The number of imidazole rings is 1. The molecule has 146 valence electrons. The molecular weight excluding hydrogens is 378 g/mol. The molecule has 8 heteroatoms. The van der Waals surface area contributed by atoms with Gasteiger partial charge in [-0.1, -0.05) is 24.1 Å². The summed E-state index contributed by atoms with van der Waals surface area (Å²) >= 11 is 5.79.